The van der Waals surface area contributed by atoms with Crippen molar-refractivity contribution in [3.8, 4) is 0 Å². The zero-order chi connectivity index (χ0) is 23.1. The maximum Gasteiger partial charge on any atom is 0.339 e. The van der Waals surface area contributed by atoms with Gasteiger partial charge in [-0.15, -0.1) is 11.8 Å². The molecule has 1 saturated heterocycles. The third kappa shape index (κ3) is 6.55. The monoisotopic (exact) mass is 481 g/mol. The van der Waals surface area contributed by atoms with E-state index in [1.54, 1.807) is 36.1 Å². The van der Waals surface area contributed by atoms with Gasteiger partial charge in [0.2, 0.25) is 5.89 Å². The van der Waals surface area contributed by atoms with Crippen LogP contribution in [0.1, 0.15) is 48.3 Å². The lowest BCUT2D eigenvalue weighted by Gasteiger charge is -2.28. The molecule has 1 aliphatic heterocycles. The van der Waals surface area contributed by atoms with Crippen LogP contribution < -0.4 is 0 Å². The normalized spacial score (nSPS) is 17.2. The van der Waals surface area contributed by atoms with Crippen molar-refractivity contribution in [2.24, 2.45) is 0 Å². The number of carbonyl (C=O) groups excluding carboxylic acids is 2. The van der Waals surface area contributed by atoms with E-state index in [1.165, 1.54) is 11.8 Å². The quantitative estimate of drug-likeness (QED) is 0.372. The highest BCUT2D eigenvalue weighted by Crippen LogP contribution is 2.26. The van der Waals surface area contributed by atoms with E-state index in [9.17, 15) is 18.0 Å². The molecule has 0 spiro atoms. The first kappa shape index (κ1) is 24.2. The van der Waals surface area contributed by atoms with Crippen LogP contribution in [0.4, 0.5) is 0 Å². The Morgan fingerprint density at radius 2 is 2.09 bits per heavy atom. The van der Waals surface area contributed by atoms with Crippen LogP contribution in [0.5, 0.6) is 0 Å². The molecule has 11 heteroatoms. The van der Waals surface area contributed by atoms with E-state index in [2.05, 4.69) is 10.1 Å². The number of sulfone groups is 1. The van der Waals surface area contributed by atoms with Crippen LogP contribution in [0.2, 0.25) is 0 Å². The number of hydrogen-bond acceptors (Lipinski definition) is 9. The molecule has 2 aromatic rings. The Bertz CT molecular complexity index is 1050. The van der Waals surface area contributed by atoms with Crippen molar-refractivity contribution in [3.63, 3.8) is 0 Å². The molecular formula is C21H27N3O6S2. The molecule has 1 amide bonds. The van der Waals surface area contributed by atoms with Crippen LogP contribution in [0, 0.1) is 6.92 Å². The average Bonchev–Trinajstić information content (AvgIpc) is 3.35. The fraction of sp³-hybridized carbons (Fsp3) is 0.524. The Morgan fingerprint density at radius 1 is 1.31 bits per heavy atom. The molecule has 2 heterocycles. The number of amides is 1. The molecule has 0 unspecified atom stereocenters. The molecule has 174 valence electrons. The van der Waals surface area contributed by atoms with Gasteiger partial charge in [0.15, 0.2) is 22.3 Å². The first-order valence-electron chi connectivity index (χ1n) is 10.5. The summed E-state index contributed by atoms with van der Waals surface area (Å²) < 4.78 is 34.1. The van der Waals surface area contributed by atoms with Gasteiger partial charge in [-0.05, 0) is 31.9 Å². The summed E-state index contributed by atoms with van der Waals surface area (Å²) in [6.07, 6.45) is 2.04. The molecule has 0 aliphatic carbocycles. The van der Waals surface area contributed by atoms with Gasteiger partial charge in [-0.1, -0.05) is 30.6 Å². The zero-order valence-electron chi connectivity index (χ0n) is 18.2. The SMILES string of the molecule is CCCCN(C(=O)COC(=O)c1ccccc1SCc1nc(C)no1)[C@H]1CCS(=O)(=O)C1. The Kier molecular flexibility index (Phi) is 8.30. The van der Waals surface area contributed by atoms with E-state index in [0.717, 1.165) is 12.8 Å². The number of rotatable bonds is 10. The van der Waals surface area contributed by atoms with E-state index < -0.39 is 22.4 Å². The van der Waals surface area contributed by atoms with Crippen LogP contribution in [0.3, 0.4) is 0 Å². The second-order valence-corrected chi connectivity index (χ2v) is 10.8. The summed E-state index contributed by atoms with van der Waals surface area (Å²) in [6.45, 7) is 3.74. The van der Waals surface area contributed by atoms with Crippen molar-refractivity contribution in [2.75, 3.05) is 24.7 Å². The van der Waals surface area contributed by atoms with Gasteiger partial charge in [-0.3, -0.25) is 4.79 Å². The molecule has 3 rings (SSSR count). The minimum absolute atomic E-state index is 0.0367. The van der Waals surface area contributed by atoms with Crippen molar-refractivity contribution >= 4 is 33.5 Å². The number of aryl methyl sites for hydroxylation is 1. The van der Waals surface area contributed by atoms with Crippen LogP contribution >= 0.6 is 11.8 Å². The number of hydrogen-bond donors (Lipinski definition) is 0. The Morgan fingerprint density at radius 3 is 2.75 bits per heavy atom. The summed E-state index contributed by atoms with van der Waals surface area (Å²) in [7, 11) is -3.13. The molecule has 9 nitrogen and oxygen atoms in total. The summed E-state index contributed by atoms with van der Waals surface area (Å²) >= 11 is 1.35. The molecule has 1 fully saturated rings. The topological polar surface area (TPSA) is 120 Å². The van der Waals surface area contributed by atoms with Crippen LogP contribution in [-0.2, 0) is 25.1 Å². The average molecular weight is 482 g/mol. The molecule has 1 aliphatic rings. The number of benzene rings is 1. The first-order chi connectivity index (χ1) is 15.3. The van der Waals surface area contributed by atoms with Gasteiger partial charge in [0.1, 0.15) is 0 Å². The van der Waals surface area contributed by atoms with Gasteiger partial charge in [-0.25, -0.2) is 13.2 Å². The molecule has 1 aromatic carbocycles. The summed E-state index contributed by atoms with van der Waals surface area (Å²) in [5.41, 5.74) is 0.338. The van der Waals surface area contributed by atoms with Crippen LogP contribution in [0.15, 0.2) is 33.7 Å². The van der Waals surface area contributed by atoms with Crippen molar-refractivity contribution in [2.45, 2.75) is 49.8 Å². The van der Waals surface area contributed by atoms with E-state index in [-0.39, 0.29) is 23.5 Å². The van der Waals surface area contributed by atoms with E-state index in [4.69, 9.17) is 9.26 Å². The third-order valence-electron chi connectivity index (χ3n) is 5.08. The van der Waals surface area contributed by atoms with Gasteiger partial charge < -0.3 is 14.2 Å². The summed E-state index contributed by atoms with van der Waals surface area (Å²) in [6, 6.07) is 6.57. The predicted octanol–water partition coefficient (Wildman–Crippen LogP) is 2.64. The Balaban J connectivity index is 1.61. The number of ether oxygens (including phenoxy) is 1. The number of unbranched alkanes of at least 4 members (excludes halogenated alkanes) is 1. The number of carbonyl (C=O) groups is 2. The Hall–Kier alpha value is -2.40. The van der Waals surface area contributed by atoms with Crippen molar-refractivity contribution < 1.29 is 27.3 Å². The summed E-state index contributed by atoms with van der Waals surface area (Å²) in [4.78, 5) is 31.9. The van der Waals surface area contributed by atoms with E-state index in [0.29, 0.717) is 40.9 Å². The van der Waals surface area contributed by atoms with Gasteiger partial charge >= 0.3 is 5.97 Å². The number of esters is 1. The number of thioether (sulfide) groups is 1. The summed E-state index contributed by atoms with van der Waals surface area (Å²) in [5, 5.41) is 3.74. The maximum atomic E-state index is 12.8. The molecular weight excluding hydrogens is 454 g/mol. The van der Waals surface area contributed by atoms with Gasteiger partial charge in [-0.2, -0.15) is 4.98 Å². The van der Waals surface area contributed by atoms with Crippen molar-refractivity contribution in [1.29, 1.82) is 0 Å². The highest BCUT2D eigenvalue weighted by atomic mass is 32.2. The lowest BCUT2D eigenvalue weighted by atomic mass is 10.2. The van der Waals surface area contributed by atoms with E-state index in [1.807, 2.05) is 6.92 Å². The molecule has 1 atom stereocenters. The molecule has 0 bridgehead atoms. The second kappa shape index (κ2) is 11.0. The lowest BCUT2D eigenvalue weighted by Crippen LogP contribution is -2.43. The smallest absolute Gasteiger partial charge is 0.339 e. The zero-order valence-corrected chi connectivity index (χ0v) is 19.8. The van der Waals surface area contributed by atoms with E-state index >= 15 is 0 Å². The number of nitrogens with zero attached hydrogens (tertiary/aromatic N) is 3. The first-order valence-corrected chi connectivity index (χ1v) is 13.3. The predicted molar refractivity (Wildman–Crippen MR) is 119 cm³/mol. The molecule has 0 saturated carbocycles. The minimum atomic E-state index is -3.13. The van der Waals surface area contributed by atoms with Gasteiger partial charge in [0.05, 0.1) is 22.8 Å². The van der Waals surface area contributed by atoms with Crippen LogP contribution in [0.25, 0.3) is 0 Å². The van der Waals surface area contributed by atoms with Crippen molar-refractivity contribution in [3.05, 3.63) is 41.5 Å². The largest absolute Gasteiger partial charge is 0.452 e. The highest BCUT2D eigenvalue weighted by molar-refractivity contribution is 7.98. The fourth-order valence-corrected chi connectivity index (χ4v) is 6.06. The number of aromatic nitrogens is 2. The maximum absolute atomic E-state index is 12.8. The molecule has 1 aromatic heterocycles. The summed E-state index contributed by atoms with van der Waals surface area (Å²) in [5.74, 6) is 0.435. The molecule has 0 N–H and O–H groups in total. The third-order valence-corrected chi connectivity index (χ3v) is 7.89. The fourth-order valence-electron chi connectivity index (χ4n) is 3.45. The molecule has 0 radical (unpaired) electrons. The molecule has 32 heavy (non-hydrogen) atoms. The van der Waals surface area contributed by atoms with Gasteiger partial charge in [0.25, 0.3) is 5.91 Å². The van der Waals surface area contributed by atoms with Gasteiger partial charge in [0, 0.05) is 17.5 Å². The standard InChI is InChI=1S/C21H27N3O6S2/c1-3-4-10-24(16-9-11-32(27,28)14-16)20(25)12-29-21(26)17-7-5-6-8-18(17)31-13-19-22-15(2)23-30-19/h5-8,16H,3-4,9-14H2,1-2H3/t16-/m0/s1. The minimum Gasteiger partial charge on any atom is -0.452 e. The Labute approximate surface area is 191 Å². The highest BCUT2D eigenvalue weighted by Gasteiger charge is 2.34. The van der Waals surface area contributed by atoms with Crippen LogP contribution in [-0.4, -0.2) is 66.0 Å². The second-order valence-electron chi connectivity index (χ2n) is 7.59. The lowest BCUT2D eigenvalue weighted by molar-refractivity contribution is -0.136. The van der Waals surface area contributed by atoms with Crippen molar-refractivity contribution in [1.82, 2.24) is 15.0 Å².